The molecular weight excluding hydrogens is 269 g/mol. The number of fused-ring (bicyclic) bond motifs is 1. The lowest BCUT2D eigenvalue weighted by Gasteiger charge is -2.26. The molecule has 1 aliphatic heterocycles. The van der Waals surface area contributed by atoms with Gasteiger partial charge in [-0.2, -0.15) is 0 Å². The number of halogens is 2. The van der Waals surface area contributed by atoms with Crippen molar-refractivity contribution in [3.8, 4) is 0 Å². The zero-order valence-electron chi connectivity index (χ0n) is 10.4. The van der Waals surface area contributed by atoms with Gasteiger partial charge in [0.05, 0.1) is 5.41 Å². The molecule has 0 fully saturated rings. The molecule has 98 valence electrons. The maximum atomic E-state index is 12.3. The van der Waals surface area contributed by atoms with Crippen LogP contribution < -0.4 is 5.32 Å². The van der Waals surface area contributed by atoms with Crippen LogP contribution in [-0.2, 0) is 10.2 Å². The molecule has 0 spiro atoms. The highest BCUT2D eigenvalue weighted by molar-refractivity contribution is 6.31. The molecule has 0 saturated heterocycles. The number of anilines is 1. The number of amides is 1. The quantitative estimate of drug-likeness (QED) is 0.632. The van der Waals surface area contributed by atoms with E-state index >= 15 is 0 Å². The largest absolute Gasteiger partial charge is 0.325 e. The van der Waals surface area contributed by atoms with E-state index < -0.39 is 5.41 Å². The molecule has 0 aliphatic carbocycles. The Balaban J connectivity index is 2.35. The molecule has 1 heterocycles. The van der Waals surface area contributed by atoms with Gasteiger partial charge in [-0.3, -0.25) is 4.79 Å². The zero-order valence-corrected chi connectivity index (χ0v) is 11.9. The standard InChI is InChI=1S/C14H17Cl2NO/c1-2-14(7-3-4-8-15)11-9-10(16)5-6-12(11)17-13(14)18/h5-6,9H,2-4,7-8H2,1H3,(H,17,18). The molecule has 1 atom stereocenters. The van der Waals surface area contributed by atoms with Gasteiger partial charge in [0.1, 0.15) is 0 Å². The minimum Gasteiger partial charge on any atom is -0.325 e. The van der Waals surface area contributed by atoms with Crippen LogP contribution in [0.1, 0.15) is 38.2 Å². The van der Waals surface area contributed by atoms with E-state index in [1.807, 2.05) is 18.2 Å². The van der Waals surface area contributed by atoms with Gasteiger partial charge >= 0.3 is 0 Å². The van der Waals surface area contributed by atoms with E-state index in [1.165, 1.54) is 0 Å². The highest BCUT2D eigenvalue weighted by atomic mass is 35.5. The lowest BCUT2D eigenvalue weighted by Crippen LogP contribution is -2.33. The molecule has 1 unspecified atom stereocenters. The fourth-order valence-corrected chi connectivity index (χ4v) is 3.04. The summed E-state index contributed by atoms with van der Waals surface area (Å²) in [6.07, 6.45) is 3.51. The van der Waals surface area contributed by atoms with Gasteiger partial charge in [0.15, 0.2) is 0 Å². The Morgan fingerprint density at radius 1 is 1.33 bits per heavy atom. The SMILES string of the molecule is CCC1(CCCCCl)C(=O)Nc2ccc(Cl)cc21. The van der Waals surface area contributed by atoms with Crippen LogP contribution in [-0.4, -0.2) is 11.8 Å². The molecule has 0 aromatic heterocycles. The van der Waals surface area contributed by atoms with Gasteiger partial charge in [-0.15, -0.1) is 11.6 Å². The lowest BCUT2D eigenvalue weighted by atomic mass is 9.75. The first kappa shape index (κ1) is 13.7. The van der Waals surface area contributed by atoms with Crippen molar-refractivity contribution in [3.63, 3.8) is 0 Å². The first-order chi connectivity index (χ1) is 8.64. The highest BCUT2D eigenvalue weighted by Gasteiger charge is 2.44. The summed E-state index contributed by atoms with van der Waals surface area (Å²) in [5.74, 6) is 0.737. The Morgan fingerprint density at radius 2 is 2.11 bits per heavy atom. The van der Waals surface area contributed by atoms with Gasteiger partial charge in [0.2, 0.25) is 5.91 Å². The average Bonchev–Trinajstić information content (AvgIpc) is 2.63. The second-order valence-electron chi connectivity index (χ2n) is 4.73. The maximum Gasteiger partial charge on any atom is 0.235 e. The molecule has 2 rings (SSSR count). The van der Waals surface area contributed by atoms with Crippen LogP contribution in [0.4, 0.5) is 5.69 Å². The normalized spacial score (nSPS) is 21.8. The Labute approximate surface area is 118 Å². The Kier molecular flexibility index (Phi) is 4.18. The Bertz CT molecular complexity index is 461. The summed E-state index contributed by atoms with van der Waals surface area (Å²) in [6.45, 7) is 2.05. The molecule has 1 amide bonds. The van der Waals surface area contributed by atoms with Crippen molar-refractivity contribution in [2.75, 3.05) is 11.2 Å². The van der Waals surface area contributed by atoms with Crippen LogP contribution >= 0.6 is 23.2 Å². The smallest absolute Gasteiger partial charge is 0.235 e. The topological polar surface area (TPSA) is 29.1 Å². The molecule has 1 aromatic rings. The van der Waals surface area contributed by atoms with Crippen molar-refractivity contribution in [1.82, 2.24) is 0 Å². The van der Waals surface area contributed by atoms with Crippen LogP contribution in [0.25, 0.3) is 0 Å². The van der Waals surface area contributed by atoms with Gasteiger partial charge in [0, 0.05) is 16.6 Å². The van der Waals surface area contributed by atoms with Crippen molar-refractivity contribution in [2.45, 2.75) is 38.0 Å². The summed E-state index contributed by atoms with van der Waals surface area (Å²) >= 11 is 11.8. The summed E-state index contributed by atoms with van der Waals surface area (Å²) < 4.78 is 0. The van der Waals surface area contributed by atoms with Crippen molar-refractivity contribution in [2.24, 2.45) is 0 Å². The predicted octanol–water partition coefficient (Wildman–Crippen LogP) is 4.35. The number of hydrogen-bond donors (Lipinski definition) is 1. The van der Waals surface area contributed by atoms with E-state index in [4.69, 9.17) is 23.2 Å². The number of hydrogen-bond acceptors (Lipinski definition) is 1. The number of benzene rings is 1. The van der Waals surface area contributed by atoms with Gasteiger partial charge in [-0.1, -0.05) is 24.9 Å². The van der Waals surface area contributed by atoms with E-state index in [-0.39, 0.29) is 5.91 Å². The second kappa shape index (κ2) is 5.50. The molecule has 4 heteroatoms. The minimum atomic E-state index is -0.424. The summed E-state index contributed by atoms with van der Waals surface area (Å²) in [7, 11) is 0. The fourth-order valence-electron chi connectivity index (χ4n) is 2.68. The van der Waals surface area contributed by atoms with Crippen molar-refractivity contribution in [1.29, 1.82) is 0 Å². The first-order valence-electron chi connectivity index (χ1n) is 6.31. The summed E-state index contributed by atoms with van der Waals surface area (Å²) in [5.41, 5.74) is 1.51. The van der Waals surface area contributed by atoms with E-state index in [2.05, 4.69) is 12.2 Å². The van der Waals surface area contributed by atoms with E-state index in [9.17, 15) is 4.79 Å². The number of rotatable bonds is 5. The molecule has 0 radical (unpaired) electrons. The summed E-state index contributed by atoms with van der Waals surface area (Å²) in [5, 5.41) is 3.64. The molecule has 1 aromatic carbocycles. The van der Waals surface area contributed by atoms with Crippen molar-refractivity contribution >= 4 is 34.8 Å². The Morgan fingerprint density at radius 3 is 2.78 bits per heavy atom. The molecule has 18 heavy (non-hydrogen) atoms. The summed E-state index contributed by atoms with van der Waals surface area (Å²) in [6, 6.07) is 5.61. The van der Waals surface area contributed by atoms with Crippen LogP contribution in [0.3, 0.4) is 0 Å². The third-order valence-electron chi connectivity index (χ3n) is 3.77. The maximum absolute atomic E-state index is 12.3. The monoisotopic (exact) mass is 285 g/mol. The second-order valence-corrected chi connectivity index (χ2v) is 5.54. The predicted molar refractivity (Wildman–Crippen MR) is 76.6 cm³/mol. The third-order valence-corrected chi connectivity index (χ3v) is 4.27. The van der Waals surface area contributed by atoms with E-state index in [0.29, 0.717) is 10.9 Å². The lowest BCUT2D eigenvalue weighted by molar-refractivity contribution is -0.121. The third kappa shape index (κ3) is 2.24. The molecule has 2 nitrogen and oxygen atoms in total. The van der Waals surface area contributed by atoms with Crippen LogP contribution in [0.5, 0.6) is 0 Å². The average molecular weight is 286 g/mol. The number of nitrogens with one attached hydrogen (secondary N) is 1. The van der Waals surface area contributed by atoms with Crippen LogP contribution in [0.15, 0.2) is 18.2 Å². The molecule has 0 saturated carbocycles. The molecular formula is C14H17Cl2NO. The van der Waals surface area contributed by atoms with E-state index in [1.54, 1.807) is 0 Å². The van der Waals surface area contributed by atoms with E-state index in [0.717, 1.165) is 36.9 Å². The number of carbonyl (C=O) groups is 1. The van der Waals surface area contributed by atoms with Crippen LogP contribution in [0.2, 0.25) is 5.02 Å². The molecule has 0 bridgehead atoms. The number of alkyl halides is 1. The van der Waals surface area contributed by atoms with Crippen LogP contribution in [0, 0.1) is 0 Å². The van der Waals surface area contributed by atoms with Crippen molar-refractivity contribution in [3.05, 3.63) is 28.8 Å². The van der Waals surface area contributed by atoms with Gasteiger partial charge in [-0.25, -0.2) is 0 Å². The van der Waals surface area contributed by atoms with Crippen molar-refractivity contribution < 1.29 is 4.79 Å². The fraction of sp³-hybridized carbons (Fsp3) is 0.500. The number of carbonyl (C=O) groups excluding carboxylic acids is 1. The highest BCUT2D eigenvalue weighted by Crippen LogP contribution is 2.44. The van der Waals surface area contributed by atoms with Gasteiger partial charge < -0.3 is 5.32 Å². The Hall–Kier alpha value is -0.730. The minimum absolute atomic E-state index is 0.0943. The number of unbranched alkanes of at least 4 members (excludes halogenated alkanes) is 1. The van der Waals surface area contributed by atoms with Gasteiger partial charge in [0.25, 0.3) is 0 Å². The van der Waals surface area contributed by atoms with Gasteiger partial charge in [-0.05, 0) is 43.0 Å². The summed E-state index contributed by atoms with van der Waals surface area (Å²) in [4.78, 5) is 12.3. The molecule has 1 aliphatic rings. The molecule has 1 N–H and O–H groups in total. The zero-order chi connectivity index (χ0) is 13.2. The first-order valence-corrected chi connectivity index (χ1v) is 7.23.